The van der Waals surface area contributed by atoms with Gasteiger partial charge in [-0.25, -0.2) is 9.18 Å². The summed E-state index contributed by atoms with van der Waals surface area (Å²) in [5.41, 5.74) is 0.803. The second kappa shape index (κ2) is 8.35. The summed E-state index contributed by atoms with van der Waals surface area (Å²) in [6.45, 7) is 3.99. The van der Waals surface area contributed by atoms with Crippen LogP contribution in [0, 0.1) is 11.7 Å². The van der Waals surface area contributed by atoms with Gasteiger partial charge < -0.3 is 20.1 Å². The Morgan fingerprint density at radius 2 is 1.78 bits per heavy atom. The second-order valence-corrected chi connectivity index (χ2v) is 5.96. The van der Waals surface area contributed by atoms with Crippen LogP contribution in [0.5, 0.6) is 5.75 Å². The smallest absolute Gasteiger partial charge is 0.319 e. The number of ether oxygens (including phenoxy) is 2. The van der Waals surface area contributed by atoms with Crippen molar-refractivity contribution < 1.29 is 23.5 Å². The molecule has 2 aromatic carbocycles. The molecule has 6 nitrogen and oxygen atoms in total. The van der Waals surface area contributed by atoms with Crippen molar-refractivity contribution in [2.45, 2.75) is 6.04 Å². The van der Waals surface area contributed by atoms with Crippen LogP contribution in [0.15, 0.2) is 66.9 Å². The molecule has 0 radical (unpaired) electrons. The first kappa shape index (κ1) is 18.4. The Labute approximate surface area is 156 Å². The van der Waals surface area contributed by atoms with Crippen LogP contribution in [0.4, 0.5) is 9.18 Å². The van der Waals surface area contributed by atoms with Gasteiger partial charge in [-0.1, -0.05) is 36.9 Å². The molecule has 1 aliphatic heterocycles. The first-order valence-corrected chi connectivity index (χ1v) is 8.41. The van der Waals surface area contributed by atoms with Gasteiger partial charge in [-0.15, -0.1) is 0 Å². The average molecular weight is 370 g/mol. The van der Waals surface area contributed by atoms with Crippen molar-refractivity contribution in [3.05, 3.63) is 78.3 Å². The molecule has 2 amide bonds. The highest BCUT2D eigenvalue weighted by Gasteiger charge is 2.38. The molecule has 0 aromatic heterocycles. The lowest BCUT2D eigenvalue weighted by molar-refractivity contribution is -0.149. The maximum atomic E-state index is 13.2. The third-order valence-electron chi connectivity index (χ3n) is 4.09. The monoisotopic (exact) mass is 370 g/mol. The van der Waals surface area contributed by atoms with Crippen molar-refractivity contribution in [2.75, 3.05) is 13.2 Å². The predicted octanol–water partition coefficient (Wildman–Crippen LogP) is 2.93. The molecular weight excluding hydrogens is 351 g/mol. The Kier molecular flexibility index (Phi) is 5.71. The summed E-state index contributed by atoms with van der Waals surface area (Å²) in [5, 5.41) is 5.15. The Morgan fingerprint density at radius 1 is 1.07 bits per heavy atom. The molecule has 140 valence electrons. The number of benzene rings is 2. The maximum Gasteiger partial charge on any atom is 0.319 e. The summed E-state index contributed by atoms with van der Waals surface area (Å²) in [6.07, 6.45) is 0. The van der Waals surface area contributed by atoms with E-state index in [0.717, 1.165) is 0 Å². The van der Waals surface area contributed by atoms with Crippen LogP contribution in [0.3, 0.4) is 0 Å². The van der Waals surface area contributed by atoms with E-state index >= 15 is 0 Å². The number of hydrogen-bond donors (Lipinski definition) is 2. The summed E-state index contributed by atoms with van der Waals surface area (Å²) < 4.78 is 24.0. The van der Waals surface area contributed by atoms with E-state index in [1.165, 1.54) is 24.3 Å². The third kappa shape index (κ3) is 4.63. The molecule has 2 atom stereocenters. The Hall–Kier alpha value is -3.35. The molecule has 0 bridgehead atoms. The van der Waals surface area contributed by atoms with E-state index in [1.54, 1.807) is 12.1 Å². The molecule has 7 heteroatoms. The van der Waals surface area contributed by atoms with Crippen LogP contribution in [0.1, 0.15) is 11.6 Å². The van der Waals surface area contributed by atoms with Gasteiger partial charge in [-0.3, -0.25) is 4.79 Å². The van der Waals surface area contributed by atoms with Gasteiger partial charge in [0.2, 0.25) is 0 Å². The summed E-state index contributed by atoms with van der Waals surface area (Å²) in [7, 11) is 0. The predicted molar refractivity (Wildman–Crippen MR) is 96.3 cm³/mol. The molecule has 1 heterocycles. The number of amides is 2. The van der Waals surface area contributed by atoms with Crippen molar-refractivity contribution >= 4 is 12.0 Å². The molecule has 0 saturated carbocycles. The van der Waals surface area contributed by atoms with E-state index in [0.29, 0.717) is 11.3 Å². The Morgan fingerprint density at radius 3 is 2.48 bits per heavy atom. The highest BCUT2D eigenvalue weighted by Crippen LogP contribution is 2.30. The number of rotatable bonds is 6. The second-order valence-electron chi connectivity index (χ2n) is 5.96. The molecule has 2 N–H and O–H groups in total. The van der Waals surface area contributed by atoms with E-state index in [9.17, 15) is 14.0 Å². The van der Waals surface area contributed by atoms with E-state index in [-0.39, 0.29) is 18.9 Å². The summed E-state index contributed by atoms with van der Waals surface area (Å²) in [5.74, 6) is -1.13. The van der Waals surface area contributed by atoms with Crippen molar-refractivity contribution in [3.63, 3.8) is 0 Å². The first-order chi connectivity index (χ1) is 13.0. The summed E-state index contributed by atoms with van der Waals surface area (Å²) in [4.78, 5) is 24.4. The van der Waals surface area contributed by atoms with Crippen molar-refractivity contribution in [2.24, 2.45) is 5.92 Å². The van der Waals surface area contributed by atoms with E-state index in [2.05, 4.69) is 17.2 Å². The molecule has 1 aliphatic rings. The van der Waals surface area contributed by atoms with Crippen molar-refractivity contribution in [1.82, 2.24) is 10.6 Å². The van der Waals surface area contributed by atoms with Crippen LogP contribution in [0.25, 0.3) is 0 Å². The summed E-state index contributed by atoms with van der Waals surface area (Å²) >= 11 is 0. The highest BCUT2D eigenvalue weighted by atomic mass is 19.1. The SMILES string of the molecule is C=C1NC(=O)N[C@H](c2ccc(F)cc2)[C@@H]1C(=O)OCCOc1ccccc1. The van der Waals surface area contributed by atoms with Gasteiger partial charge in [0.05, 0.1) is 6.04 Å². The fourth-order valence-electron chi connectivity index (χ4n) is 2.82. The van der Waals surface area contributed by atoms with Gasteiger partial charge in [0.15, 0.2) is 0 Å². The number of para-hydroxylation sites is 1. The molecule has 1 fully saturated rings. The van der Waals surface area contributed by atoms with Crippen LogP contribution >= 0.6 is 0 Å². The number of halogens is 1. The van der Waals surface area contributed by atoms with E-state index in [1.807, 2.05) is 18.2 Å². The Bertz CT molecular complexity index is 824. The van der Waals surface area contributed by atoms with Gasteiger partial charge in [-0.05, 0) is 29.8 Å². The van der Waals surface area contributed by atoms with Crippen molar-refractivity contribution in [1.29, 1.82) is 0 Å². The molecule has 0 unspecified atom stereocenters. The lowest BCUT2D eigenvalue weighted by atomic mass is 9.89. The molecule has 3 rings (SSSR count). The molecule has 27 heavy (non-hydrogen) atoms. The van der Waals surface area contributed by atoms with Gasteiger partial charge in [0.1, 0.15) is 30.7 Å². The average Bonchev–Trinajstić information content (AvgIpc) is 2.66. The molecular formula is C20H19FN2O4. The Balaban J connectivity index is 1.63. The van der Waals surface area contributed by atoms with Crippen molar-refractivity contribution in [3.8, 4) is 5.75 Å². The van der Waals surface area contributed by atoms with E-state index in [4.69, 9.17) is 9.47 Å². The van der Waals surface area contributed by atoms with Gasteiger partial charge >= 0.3 is 12.0 Å². The number of hydrogen-bond acceptors (Lipinski definition) is 4. The number of carbonyl (C=O) groups is 2. The van der Waals surface area contributed by atoms with Crippen LogP contribution in [0.2, 0.25) is 0 Å². The van der Waals surface area contributed by atoms with E-state index < -0.39 is 29.8 Å². The van der Waals surface area contributed by atoms with Gasteiger partial charge in [0, 0.05) is 5.70 Å². The number of urea groups is 1. The number of nitrogens with one attached hydrogen (secondary N) is 2. The van der Waals surface area contributed by atoms with Crippen LogP contribution in [-0.4, -0.2) is 25.2 Å². The topological polar surface area (TPSA) is 76.7 Å². The van der Waals surface area contributed by atoms with Crippen LogP contribution < -0.4 is 15.4 Å². The molecule has 1 saturated heterocycles. The minimum absolute atomic E-state index is 0.0432. The minimum atomic E-state index is -0.843. The fourth-order valence-corrected chi connectivity index (χ4v) is 2.82. The zero-order valence-electron chi connectivity index (χ0n) is 14.5. The fraction of sp³-hybridized carbons (Fsp3) is 0.200. The molecule has 2 aromatic rings. The molecule has 0 aliphatic carbocycles. The molecule has 0 spiro atoms. The van der Waals surface area contributed by atoms with Gasteiger partial charge in [0.25, 0.3) is 0 Å². The quantitative estimate of drug-likeness (QED) is 0.606. The lowest BCUT2D eigenvalue weighted by Gasteiger charge is -2.33. The zero-order valence-corrected chi connectivity index (χ0v) is 14.5. The standard InChI is InChI=1S/C20H19FN2O4/c1-13-17(19(24)27-12-11-26-16-5-3-2-4-6-16)18(23-20(25)22-13)14-7-9-15(21)10-8-14/h2-10,17-18H,1,11-12H2,(H2,22,23,25)/t17-,18-/m1/s1. The number of esters is 1. The van der Waals surface area contributed by atoms with Gasteiger partial charge in [-0.2, -0.15) is 0 Å². The maximum absolute atomic E-state index is 13.2. The summed E-state index contributed by atoms with van der Waals surface area (Å²) in [6, 6.07) is 13.5. The third-order valence-corrected chi connectivity index (χ3v) is 4.09. The lowest BCUT2D eigenvalue weighted by Crippen LogP contribution is -2.51. The first-order valence-electron chi connectivity index (χ1n) is 8.41. The normalized spacial score (nSPS) is 19.0. The highest BCUT2D eigenvalue weighted by molar-refractivity contribution is 5.85. The largest absolute Gasteiger partial charge is 0.490 e. The van der Waals surface area contributed by atoms with Crippen LogP contribution in [-0.2, 0) is 9.53 Å². The number of carbonyl (C=O) groups excluding carboxylic acids is 2. The zero-order chi connectivity index (χ0) is 19.2. The minimum Gasteiger partial charge on any atom is -0.490 e.